The molecule has 0 aliphatic carbocycles. The summed E-state index contributed by atoms with van der Waals surface area (Å²) in [4.78, 5) is 24.4. The third kappa shape index (κ3) is 8.07. The summed E-state index contributed by atoms with van der Waals surface area (Å²) >= 11 is 0. The second-order valence-corrected chi connectivity index (χ2v) is 10.3. The number of benzene rings is 3. The van der Waals surface area contributed by atoms with Crippen molar-refractivity contribution in [2.45, 2.75) is 24.8 Å². The molecule has 200 valence electrons. The van der Waals surface area contributed by atoms with Crippen molar-refractivity contribution in [2.75, 3.05) is 24.6 Å². The van der Waals surface area contributed by atoms with E-state index in [9.17, 15) is 18.0 Å². The van der Waals surface area contributed by atoms with Crippen LogP contribution in [0.15, 0.2) is 88.9 Å². The van der Waals surface area contributed by atoms with E-state index >= 15 is 0 Å². The van der Waals surface area contributed by atoms with E-state index in [-0.39, 0.29) is 23.5 Å². The van der Waals surface area contributed by atoms with Crippen molar-refractivity contribution in [3.63, 3.8) is 0 Å². The van der Waals surface area contributed by atoms with Gasteiger partial charge in [0.05, 0.1) is 23.9 Å². The lowest BCUT2D eigenvalue weighted by molar-refractivity contribution is -0.123. The van der Waals surface area contributed by atoms with Crippen molar-refractivity contribution in [1.82, 2.24) is 10.7 Å². The van der Waals surface area contributed by atoms with Crippen molar-refractivity contribution in [3.8, 4) is 11.5 Å². The normalized spacial score (nSPS) is 11.3. The first kappa shape index (κ1) is 28.2. The van der Waals surface area contributed by atoms with Gasteiger partial charge in [0.25, 0.3) is 21.8 Å². The van der Waals surface area contributed by atoms with E-state index in [0.717, 1.165) is 4.31 Å². The number of carbonyl (C=O) groups is 2. The fraction of sp³-hybridized carbons (Fsp3) is 0.222. The summed E-state index contributed by atoms with van der Waals surface area (Å²) in [6, 6.07) is 21.0. The average molecular weight is 539 g/mol. The molecular weight excluding hydrogens is 508 g/mol. The molecule has 0 aliphatic heterocycles. The number of hydrogen-bond acceptors (Lipinski definition) is 7. The number of amides is 2. The van der Waals surface area contributed by atoms with Gasteiger partial charge >= 0.3 is 0 Å². The quantitative estimate of drug-likeness (QED) is 0.270. The van der Waals surface area contributed by atoms with Gasteiger partial charge in [-0.15, -0.1) is 0 Å². The summed E-state index contributed by atoms with van der Waals surface area (Å²) in [5.41, 5.74) is 3.36. The maximum absolute atomic E-state index is 13.4. The van der Waals surface area contributed by atoms with Crippen LogP contribution in [0.5, 0.6) is 11.5 Å². The smallest absolute Gasteiger partial charge is 0.264 e. The number of anilines is 1. The Morgan fingerprint density at radius 3 is 2.16 bits per heavy atom. The monoisotopic (exact) mass is 538 g/mol. The van der Waals surface area contributed by atoms with E-state index in [0.29, 0.717) is 22.7 Å². The van der Waals surface area contributed by atoms with Gasteiger partial charge in [0.15, 0.2) is 6.61 Å². The Labute approximate surface area is 222 Å². The van der Waals surface area contributed by atoms with Gasteiger partial charge in [0, 0.05) is 6.04 Å². The summed E-state index contributed by atoms with van der Waals surface area (Å²) in [7, 11) is -2.56. The standard InChI is InChI=1S/C27H30N4O6S/c1-20(2)29-27(33)19-37-24-11-9-21(10-12-24)17-28-30-26(32)18-31(22-7-5-4-6-8-22)38(34,35)25-15-13-23(36-3)14-16-25/h4-17,20H,18-19H2,1-3H3,(H,29,33)(H,30,32)/b28-17-. The third-order valence-electron chi connectivity index (χ3n) is 5.08. The third-order valence-corrected chi connectivity index (χ3v) is 6.87. The van der Waals surface area contributed by atoms with Crippen LogP contribution < -0.4 is 24.5 Å². The fourth-order valence-corrected chi connectivity index (χ4v) is 4.71. The number of para-hydroxylation sites is 1. The minimum absolute atomic E-state index is 0.0162. The highest BCUT2D eigenvalue weighted by Crippen LogP contribution is 2.24. The Hall–Kier alpha value is -4.38. The van der Waals surface area contributed by atoms with E-state index < -0.39 is 22.5 Å². The molecule has 0 spiro atoms. The van der Waals surface area contributed by atoms with Gasteiger partial charge in [-0.1, -0.05) is 18.2 Å². The van der Waals surface area contributed by atoms with Crippen LogP contribution in [-0.2, 0) is 19.6 Å². The molecule has 0 unspecified atom stereocenters. The van der Waals surface area contributed by atoms with Crippen LogP contribution in [0.4, 0.5) is 5.69 Å². The number of nitrogens with one attached hydrogen (secondary N) is 2. The van der Waals surface area contributed by atoms with E-state index in [4.69, 9.17) is 9.47 Å². The molecule has 38 heavy (non-hydrogen) atoms. The summed E-state index contributed by atoms with van der Waals surface area (Å²) in [6.07, 6.45) is 1.41. The topological polar surface area (TPSA) is 126 Å². The Bertz CT molecular complexity index is 1340. The van der Waals surface area contributed by atoms with Crippen molar-refractivity contribution in [1.29, 1.82) is 0 Å². The van der Waals surface area contributed by atoms with Gasteiger partial charge in [-0.25, -0.2) is 13.8 Å². The van der Waals surface area contributed by atoms with Crippen molar-refractivity contribution < 1.29 is 27.5 Å². The fourth-order valence-electron chi connectivity index (χ4n) is 3.29. The zero-order chi connectivity index (χ0) is 27.5. The second-order valence-electron chi connectivity index (χ2n) is 8.40. The highest BCUT2D eigenvalue weighted by Gasteiger charge is 2.27. The summed E-state index contributed by atoms with van der Waals surface area (Å²) < 4.78 is 38.3. The van der Waals surface area contributed by atoms with Crippen LogP contribution in [0.2, 0.25) is 0 Å². The van der Waals surface area contributed by atoms with Crippen molar-refractivity contribution in [3.05, 3.63) is 84.4 Å². The second kappa shape index (κ2) is 13.2. The molecular formula is C27H30N4O6S. The van der Waals surface area contributed by atoms with Gasteiger partial charge in [-0.3, -0.25) is 13.9 Å². The van der Waals surface area contributed by atoms with Gasteiger partial charge in [0.1, 0.15) is 18.0 Å². The van der Waals surface area contributed by atoms with Gasteiger partial charge in [-0.2, -0.15) is 5.10 Å². The van der Waals surface area contributed by atoms with Crippen molar-refractivity contribution in [2.24, 2.45) is 5.10 Å². The minimum Gasteiger partial charge on any atom is -0.497 e. The molecule has 0 bridgehead atoms. The lowest BCUT2D eigenvalue weighted by atomic mass is 10.2. The average Bonchev–Trinajstić information content (AvgIpc) is 2.91. The molecule has 10 nitrogen and oxygen atoms in total. The first-order valence-electron chi connectivity index (χ1n) is 11.7. The van der Waals surface area contributed by atoms with Gasteiger partial charge in [-0.05, 0) is 80.1 Å². The maximum atomic E-state index is 13.4. The molecule has 0 atom stereocenters. The molecule has 0 saturated heterocycles. The molecule has 0 saturated carbocycles. The number of nitrogens with zero attached hydrogens (tertiary/aromatic N) is 2. The molecule has 0 radical (unpaired) electrons. The van der Waals surface area contributed by atoms with E-state index in [1.54, 1.807) is 54.6 Å². The zero-order valence-electron chi connectivity index (χ0n) is 21.3. The van der Waals surface area contributed by atoms with Crippen LogP contribution >= 0.6 is 0 Å². The molecule has 2 N–H and O–H groups in total. The SMILES string of the molecule is COc1ccc(S(=O)(=O)N(CC(=O)N/N=C\c2ccc(OCC(=O)NC(C)C)cc2)c2ccccc2)cc1. The molecule has 0 aliphatic rings. The highest BCUT2D eigenvalue weighted by molar-refractivity contribution is 7.92. The molecule has 3 rings (SSSR count). The van der Waals surface area contributed by atoms with Crippen LogP contribution in [-0.4, -0.2) is 52.8 Å². The number of rotatable bonds is 12. The molecule has 11 heteroatoms. The molecule has 3 aromatic rings. The summed E-state index contributed by atoms with van der Waals surface area (Å²) in [5, 5.41) is 6.67. The predicted octanol–water partition coefficient (Wildman–Crippen LogP) is 2.94. The summed E-state index contributed by atoms with van der Waals surface area (Å²) in [6.45, 7) is 3.15. The molecule has 2 amide bonds. The first-order valence-corrected chi connectivity index (χ1v) is 13.2. The molecule has 0 heterocycles. The Morgan fingerprint density at radius 2 is 1.55 bits per heavy atom. The first-order chi connectivity index (χ1) is 18.2. The van der Waals surface area contributed by atoms with E-state index in [1.165, 1.54) is 37.6 Å². The van der Waals surface area contributed by atoms with Crippen LogP contribution in [0.3, 0.4) is 0 Å². The molecule has 0 aromatic heterocycles. The largest absolute Gasteiger partial charge is 0.497 e. The predicted molar refractivity (Wildman–Crippen MR) is 145 cm³/mol. The number of carbonyl (C=O) groups excluding carboxylic acids is 2. The number of hydrazone groups is 1. The molecule has 3 aromatic carbocycles. The Balaban J connectivity index is 1.64. The molecule has 0 fully saturated rings. The number of sulfonamides is 1. The van der Waals surface area contributed by atoms with Crippen LogP contribution in [0, 0.1) is 0 Å². The highest BCUT2D eigenvalue weighted by atomic mass is 32.2. The zero-order valence-corrected chi connectivity index (χ0v) is 22.1. The number of methoxy groups -OCH3 is 1. The van der Waals surface area contributed by atoms with Crippen LogP contribution in [0.25, 0.3) is 0 Å². The number of hydrogen-bond donors (Lipinski definition) is 2. The van der Waals surface area contributed by atoms with E-state index in [2.05, 4.69) is 15.8 Å². The Morgan fingerprint density at radius 1 is 0.921 bits per heavy atom. The number of ether oxygens (including phenoxy) is 2. The van der Waals surface area contributed by atoms with Crippen molar-refractivity contribution >= 4 is 33.7 Å². The summed E-state index contributed by atoms with van der Waals surface area (Å²) in [5.74, 6) is 0.177. The van der Waals surface area contributed by atoms with Crippen LogP contribution in [0.1, 0.15) is 19.4 Å². The minimum atomic E-state index is -4.05. The Kier molecular flexibility index (Phi) is 9.83. The van der Waals surface area contributed by atoms with Gasteiger partial charge in [0.2, 0.25) is 0 Å². The lowest BCUT2D eigenvalue weighted by Gasteiger charge is -2.23. The lowest BCUT2D eigenvalue weighted by Crippen LogP contribution is -2.39. The maximum Gasteiger partial charge on any atom is 0.264 e. The van der Waals surface area contributed by atoms with Gasteiger partial charge < -0.3 is 14.8 Å². The van der Waals surface area contributed by atoms with E-state index in [1.807, 2.05) is 13.8 Å².